The number of carbonyl (C=O) groups excluding carboxylic acids is 4. The molecule has 4 aliphatic rings. The molecule has 0 radical (unpaired) electrons. The number of aliphatic carboxylic acids is 1. The Kier molecular flexibility index (Phi) is 8.36. The summed E-state index contributed by atoms with van der Waals surface area (Å²) in [4.78, 5) is 59.8. The molecule has 0 saturated heterocycles. The quantitative estimate of drug-likeness (QED) is 0.173. The van der Waals surface area contributed by atoms with Crippen LogP contribution in [0.3, 0.4) is 0 Å². The Morgan fingerprint density at radius 2 is 1.90 bits per heavy atom. The number of alkyl halides is 1. The second kappa shape index (κ2) is 11.1. The van der Waals surface area contributed by atoms with E-state index >= 15 is 4.39 Å². The number of carboxylic acid groups (broad SMARTS) is 1. The van der Waals surface area contributed by atoms with Crippen molar-refractivity contribution in [3.05, 3.63) is 23.3 Å². The molecule has 226 valence electrons. The summed E-state index contributed by atoms with van der Waals surface area (Å²) in [5.41, 5.74) is -5.23. The summed E-state index contributed by atoms with van der Waals surface area (Å²) in [6, 6.07) is 0. The number of halogens is 1. The number of rotatable bonds is 10. The molecule has 4 aliphatic carbocycles. The first-order chi connectivity index (χ1) is 19.2. The van der Waals surface area contributed by atoms with Crippen molar-refractivity contribution < 1.29 is 48.4 Å². The van der Waals surface area contributed by atoms with Crippen LogP contribution in [0.4, 0.5) is 4.39 Å². The molecule has 4 rings (SSSR count). The molecular formula is C30H40FNO9. The third kappa shape index (κ3) is 4.74. The van der Waals surface area contributed by atoms with Gasteiger partial charge >= 0.3 is 11.9 Å². The number of aliphatic hydroxyl groups excluding tert-OH is 1. The summed E-state index contributed by atoms with van der Waals surface area (Å²) in [5.74, 6) is -4.96. The van der Waals surface area contributed by atoms with Crippen molar-refractivity contribution >= 4 is 29.9 Å². The van der Waals surface area contributed by atoms with Crippen LogP contribution in [-0.4, -0.2) is 75.8 Å². The van der Waals surface area contributed by atoms with Crippen molar-refractivity contribution in [1.29, 1.82) is 0 Å². The van der Waals surface area contributed by atoms with Crippen molar-refractivity contribution in [3.63, 3.8) is 0 Å². The molecule has 0 aromatic carbocycles. The largest absolute Gasteiger partial charge is 0.481 e. The third-order valence-electron chi connectivity index (χ3n) is 10.6. The number of esters is 1. The van der Waals surface area contributed by atoms with Gasteiger partial charge in [0.05, 0.1) is 6.10 Å². The van der Waals surface area contributed by atoms with Crippen molar-refractivity contribution in [2.45, 2.75) is 89.5 Å². The summed E-state index contributed by atoms with van der Waals surface area (Å²) in [5, 5.41) is 34.4. The van der Waals surface area contributed by atoms with Crippen LogP contribution in [0.2, 0.25) is 0 Å². The molecule has 3 fully saturated rings. The van der Waals surface area contributed by atoms with Gasteiger partial charge in [0, 0.05) is 29.6 Å². The lowest BCUT2D eigenvalue weighted by Crippen LogP contribution is -2.69. The van der Waals surface area contributed by atoms with E-state index in [1.807, 2.05) is 0 Å². The minimum atomic E-state index is -2.10. The lowest BCUT2D eigenvalue weighted by molar-refractivity contribution is -0.220. The Labute approximate surface area is 238 Å². The molecule has 8 atom stereocenters. The highest BCUT2D eigenvalue weighted by atomic mass is 19.1. The fourth-order valence-corrected chi connectivity index (χ4v) is 8.54. The minimum Gasteiger partial charge on any atom is -0.481 e. The number of Topliss-reactive ketones (excluding diaryl/α,β-unsaturated/α-hetero) is 1. The third-order valence-corrected chi connectivity index (χ3v) is 10.6. The molecule has 8 unspecified atom stereocenters. The molecule has 0 spiro atoms. The number of ether oxygens (including phenoxy) is 1. The molecular weight excluding hydrogens is 537 g/mol. The standard InChI is InChI=1S/C30H40FNO9/c1-17-12-21-20-10-9-19-18(15-33)6-5-11-27(19,2)29(20,31)22(34)13-28(21,3)30(17,40)23(35)16-41-26(39)14-32-24(36)7-4-8-25(37)38/h5,11,15,17,20-22,34,40H,4,6-10,12-14,16H2,1-3H3,(H,32,36)(H,37,38). The van der Waals surface area contributed by atoms with E-state index in [2.05, 4.69) is 5.32 Å². The number of aliphatic hydroxyl groups is 2. The van der Waals surface area contributed by atoms with Crippen molar-refractivity contribution in [1.82, 2.24) is 5.32 Å². The second-order valence-electron chi connectivity index (χ2n) is 12.6. The maximum Gasteiger partial charge on any atom is 0.325 e. The van der Waals surface area contributed by atoms with E-state index in [0.29, 0.717) is 36.8 Å². The van der Waals surface area contributed by atoms with Gasteiger partial charge < -0.3 is 25.4 Å². The number of fused-ring (bicyclic) bond motifs is 5. The lowest BCUT2D eigenvalue weighted by atomic mass is 9.44. The van der Waals surface area contributed by atoms with Crippen LogP contribution in [0.15, 0.2) is 23.3 Å². The zero-order chi connectivity index (χ0) is 30.4. The molecule has 0 heterocycles. The van der Waals surface area contributed by atoms with Gasteiger partial charge in [0.25, 0.3) is 0 Å². The van der Waals surface area contributed by atoms with E-state index in [1.165, 1.54) is 0 Å². The molecule has 0 bridgehead atoms. The first-order valence-corrected chi connectivity index (χ1v) is 14.3. The average molecular weight is 578 g/mol. The van der Waals surface area contributed by atoms with Gasteiger partial charge in [-0.1, -0.05) is 31.6 Å². The van der Waals surface area contributed by atoms with Crippen molar-refractivity contribution in [2.75, 3.05) is 13.2 Å². The number of aldehydes is 1. The van der Waals surface area contributed by atoms with E-state index in [0.717, 1.165) is 6.29 Å². The smallest absolute Gasteiger partial charge is 0.325 e. The van der Waals surface area contributed by atoms with E-state index in [9.17, 15) is 34.2 Å². The Hall–Kier alpha value is -2.92. The fraction of sp³-hybridized carbons (Fsp3) is 0.700. The molecule has 10 nitrogen and oxygen atoms in total. The van der Waals surface area contributed by atoms with Gasteiger partial charge in [-0.2, -0.15) is 0 Å². The zero-order valence-electron chi connectivity index (χ0n) is 23.8. The first kappa shape index (κ1) is 31.0. The number of carbonyl (C=O) groups is 5. The number of carboxylic acids is 1. The predicted octanol–water partition coefficient (Wildman–Crippen LogP) is 2.21. The summed E-state index contributed by atoms with van der Waals surface area (Å²) in [7, 11) is 0. The second-order valence-corrected chi connectivity index (χ2v) is 12.6. The van der Waals surface area contributed by atoms with Crippen LogP contribution in [-0.2, 0) is 28.7 Å². The normalized spacial score (nSPS) is 39.3. The van der Waals surface area contributed by atoms with Gasteiger partial charge in [-0.25, -0.2) is 4.39 Å². The monoisotopic (exact) mass is 577 g/mol. The SMILES string of the molecule is CC1CC2C3CCC4=C(C=O)CC=CC4(C)C3(F)C(O)CC2(C)C1(O)C(=O)COC(=O)CNC(=O)CCCC(=O)O. The van der Waals surface area contributed by atoms with Gasteiger partial charge in [0.15, 0.2) is 12.3 Å². The van der Waals surface area contributed by atoms with Gasteiger partial charge in [-0.3, -0.25) is 24.0 Å². The Morgan fingerprint density at radius 1 is 1.20 bits per heavy atom. The van der Waals surface area contributed by atoms with Gasteiger partial charge in [0.1, 0.15) is 18.4 Å². The molecule has 41 heavy (non-hydrogen) atoms. The summed E-state index contributed by atoms with van der Waals surface area (Å²) >= 11 is 0. The minimum absolute atomic E-state index is 0.0857. The molecule has 4 N–H and O–H groups in total. The lowest BCUT2D eigenvalue weighted by Gasteiger charge is -2.62. The number of nitrogens with one attached hydrogen (secondary N) is 1. The Morgan fingerprint density at radius 3 is 2.56 bits per heavy atom. The van der Waals surface area contributed by atoms with Crippen molar-refractivity contribution in [2.24, 2.45) is 28.6 Å². The molecule has 0 aromatic rings. The molecule has 11 heteroatoms. The number of allylic oxidation sites excluding steroid dienone is 4. The van der Waals surface area contributed by atoms with E-state index in [4.69, 9.17) is 9.84 Å². The highest BCUT2D eigenvalue weighted by Crippen LogP contribution is 2.71. The zero-order valence-corrected chi connectivity index (χ0v) is 23.8. The van der Waals surface area contributed by atoms with Crippen LogP contribution in [0.25, 0.3) is 0 Å². The molecule has 1 amide bonds. The number of hydrogen-bond donors (Lipinski definition) is 4. The van der Waals surface area contributed by atoms with E-state index in [-0.39, 0.29) is 25.7 Å². The van der Waals surface area contributed by atoms with E-state index in [1.54, 1.807) is 32.9 Å². The van der Waals surface area contributed by atoms with Crippen LogP contribution in [0.5, 0.6) is 0 Å². The summed E-state index contributed by atoms with van der Waals surface area (Å²) in [6.07, 6.45) is 4.01. The van der Waals surface area contributed by atoms with Crippen LogP contribution in [0, 0.1) is 28.6 Å². The van der Waals surface area contributed by atoms with Gasteiger partial charge in [0.2, 0.25) is 11.7 Å². The van der Waals surface area contributed by atoms with Gasteiger partial charge in [-0.05, 0) is 62.9 Å². The molecule has 3 saturated carbocycles. The maximum atomic E-state index is 17.4. The average Bonchev–Trinajstić information content (AvgIpc) is 3.11. The van der Waals surface area contributed by atoms with Crippen LogP contribution in [0.1, 0.15) is 72.1 Å². The molecule has 0 aliphatic heterocycles. The van der Waals surface area contributed by atoms with Crippen LogP contribution >= 0.6 is 0 Å². The first-order valence-electron chi connectivity index (χ1n) is 14.3. The number of amides is 1. The number of ketones is 1. The van der Waals surface area contributed by atoms with Crippen molar-refractivity contribution in [3.8, 4) is 0 Å². The Bertz CT molecular complexity index is 1200. The highest BCUT2D eigenvalue weighted by Gasteiger charge is 2.75. The highest BCUT2D eigenvalue weighted by molar-refractivity contribution is 5.92. The summed E-state index contributed by atoms with van der Waals surface area (Å²) < 4.78 is 22.5. The predicted molar refractivity (Wildman–Crippen MR) is 143 cm³/mol. The van der Waals surface area contributed by atoms with Gasteiger partial charge in [-0.15, -0.1) is 0 Å². The molecule has 0 aromatic heterocycles. The fourth-order valence-electron chi connectivity index (χ4n) is 8.54. The summed E-state index contributed by atoms with van der Waals surface area (Å²) in [6.45, 7) is 3.84. The van der Waals surface area contributed by atoms with E-state index < -0.39 is 82.7 Å². The van der Waals surface area contributed by atoms with Crippen LogP contribution < -0.4 is 5.32 Å². The number of hydrogen-bond acceptors (Lipinski definition) is 8. The topological polar surface area (TPSA) is 167 Å². The Balaban J connectivity index is 1.48. The maximum absolute atomic E-state index is 17.4.